The fourth-order valence-corrected chi connectivity index (χ4v) is 2.60. The van der Waals surface area contributed by atoms with E-state index in [9.17, 15) is 18.0 Å². The number of rotatable bonds is 2. The smallest absolute Gasteiger partial charge is 0.311 e. The molecule has 18 heavy (non-hydrogen) atoms. The van der Waals surface area contributed by atoms with Crippen LogP contribution in [0.15, 0.2) is 23.1 Å². The van der Waals surface area contributed by atoms with E-state index in [1.165, 1.54) is 18.2 Å². The molecule has 6 nitrogen and oxygen atoms in total. The maximum atomic E-state index is 11.3. The van der Waals surface area contributed by atoms with Crippen molar-refractivity contribution in [2.45, 2.75) is 17.2 Å². The van der Waals surface area contributed by atoms with E-state index in [4.69, 9.17) is 15.8 Å². The molecule has 0 saturated heterocycles. The van der Waals surface area contributed by atoms with Crippen molar-refractivity contribution in [3.05, 3.63) is 23.8 Å². The van der Waals surface area contributed by atoms with Gasteiger partial charge in [-0.15, -0.1) is 0 Å². The number of nitrogens with one attached hydrogen (secondary N) is 1. The highest BCUT2D eigenvalue weighted by molar-refractivity contribution is 8.13. The second kappa shape index (κ2) is 4.25. The predicted octanol–water partition coefficient (Wildman–Crippen LogP) is 1.12. The van der Waals surface area contributed by atoms with Crippen LogP contribution in [0.1, 0.15) is 17.9 Å². The molecule has 1 heterocycles. The third-order valence-corrected chi connectivity index (χ3v) is 3.99. The van der Waals surface area contributed by atoms with Gasteiger partial charge in [-0.05, 0) is 23.8 Å². The molecule has 0 bridgehead atoms. The number of hydrogen-bond donors (Lipinski definition) is 2. The first-order valence-electron chi connectivity index (χ1n) is 4.90. The lowest BCUT2D eigenvalue weighted by atomic mass is 9.91. The van der Waals surface area contributed by atoms with Crippen molar-refractivity contribution in [3.63, 3.8) is 0 Å². The number of anilines is 1. The zero-order chi connectivity index (χ0) is 13.5. The predicted molar refractivity (Wildman–Crippen MR) is 63.1 cm³/mol. The number of halogens is 1. The summed E-state index contributed by atoms with van der Waals surface area (Å²) in [6.45, 7) is 0. The van der Waals surface area contributed by atoms with E-state index in [2.05, 4.69) is 5.32 Å². The summed E-state index contributed by atoms with van der Waals surface area (Å²) < 4.78 is 22.4. The van der Waals surface area contributed by atoms with Gasteiger partial charge in [0, 0.05) is 22.8 Å². The number of benzene rings is 1. The average molecular weight is 290 g/mol. The highest BCUT2D eigenvalue weighted by Crippen LogP contribution is 2.34. The maximum absolute atomic E-state index is 11.3. The lowest BCUT2D eigenvalue weighted by Gasteiger charge is -2.22. The van der Waals surface area contributed by atoms with Crippen LogP contribution >= 0.6 is 10.7 Å². The molecule has 96 valence electrons. The Morgan fingerprint density at radius 2 is 2.11 bits per heavy atom. The van der Waals surface area contributed by atoms with Gasteiger partial charge < -0.3 is 10.4 Å². The highest BCUT2D eigenvalue weighted by Gasteiger charge is 2.31. The number of fused-ring (bicyclic) bond motifs is 1. The normalized spacial score (nSPS) is 18.9. The Morgan fingerprint density at radius 3 is 2.67 bits per heavy atom. The summed E-state index contributed by atoms with van der Waals surface area (Å²) in [6, 6.07) is 3.72. The summed E-state index contributed by atoms with van der Waals surface area (Å²) in [5.74, 6) is -2.67. The standard InChI is InChI=1S/C10H8ClNO5S/c11-18(16,17)5-1-2-8-6(3-5)7(10(14)15)4-9(13)12-8/h1-3,7H,4H2,(H,12,13)(H,14,15). The molecule has 1 amide bonds. The van der Waals surface area contributed by atoms with Gasteiger partial charge in [-0.2, -0.15) is 0 Å². The Morgan fingerprint density at radius 1 is 1.44 bits per heavy atom. The zero-order valence-corrected chi connectivity index (χ0v) is 10.5. The summed E-state index contributed by atoms with van der Waals surface area (Å²) in [5.41, 5.74) is 0.534. The van der Waals surface area contributed by atoms with Crippen LogP contribution in [0, 0.1) is 0 Å². The van der Waals surface area contributed by atoms with E-state index < -0.39 is 26.8 Å². The molecule has 8 heteroatoms. The first kappa shape index (κ1) is 12.8. The van der Waals surface area contributed by atoms with Crippen LogP contribution in [0.2, 0.25) is 0 Å². The van der Waals surface area contributed by atoms with E-state index in [-0.39, 0.29) is 16.9 Å². The van der Waals surface area contributed by atoms with Crippen molar-refractivity contribution in [2.75, 3.05) is 5.32 Å². The fraction of sp³-hybridized carbons (Fsp3) is 0.200. The van der Waals surface area contributed by atoms with Crippen LogP contribution in [-0.4, -0.2) is 25.4 Å². The zero-order valence-electron chi connectivity index (χ0n) is 8.88. The third kappa shape index (κ3) is 2.32. The molecule has 0 spiro atoms. The number of amides is 1. The Hall–Kier alpha value is -1.60. The minimum absolute atomic E-state index is 0.190. The van der Waals surface area contributed by atoms with Crippen LogP contribution in [0.4, 0.5) is 5.69 Å². The molecule has 0 radical (unpaired) electrons. The molecule has 1 aliphatic heterocycles. The second-order valence-electron chi connectivity index (χ2n) is 3.83. The van der Waals surface area contributed by atoms with Crippen LogP contribution < -0.4 is 5.32 Å². The Balaban J connectivity index is 2.60. The van der Waals surface area contributed by atoms with E-state index in [1.54, 1.807) is 0 Å². The van der Waals surface area contributed by atoms with Gasteiger partial charge >= 0.3 is 5.97 Å². The number of carboxylic acid groups (broad SMARTS) is 1. The summed E-state index contributed by atoms with van der Waals surface area (Å²) in [4.78, 5) is 22.2. The minimum atomic E-state index is -3.93. The maximum Gasteiger partial charge on any atom is 0.311 e. The van der Waals surface area contributed by atoms with Crippen molar-refractivity contribution >= 4 is 37.3 Å². The molecule has 0 aromatic heterocycles. The fourth-order valence-electron chi connectivity index (χ4n) is 1.81. The first-order chi connectivity index (χ1) is 8.29. The largest absolute Gasteiger partial charge is 0.481 e. The topological polar surface area (TPSA) is 101 Å². The highest BCUT2D eigenvalue weighted by atomic mass is 35.7. The molecule has 2 N–H and O–H groups in total. The summed E-state index contributed by atoms with van der Waals surface area (Å²) >= 11 is 0. The third-order valence-electron chi connectivity index (χ3n) is 2.64. The van der Waals surface area contributed by atoms with Gasteiger partial charge in [-0.25, -0.2) is 8.42 Å². The molecule has 0 aliphatic carbocycles. The monoisotopic (exact) mass is 289 g/mol. The lowest BCUT2D eigenvalue weighted by Crippen LogP contribution is -2.27. The van der Waals surface area contributed by atoms with E-state index in [0.29, 0.717) is 5.69 Å². The number of carbonyl (C=O) groups excluding carboxylic acids is 1. The van der Waals surface area contributed by atoms with E-state index >= 15 is 0 Å². The number of hydrogen-bond acceptors (Lipinski definition) is 4. The van der Waals surface area contributed by atoms with Crippen molar-refractivity contribution in [2.24, 2.45) is 0 Å². The van der Waals surface area contributed by atoms with E-state index in [0.717, 1.165) is 0 Å². The van der Waals surface area contributed by atoms with Crippen molar-refractivity contribution in [1.82, 2.24) is 0 Å². The van der Waals surface area contributed by atoms with Crippen LogP contribution in [0.25, 0.3) is 0 Å². The van der Waals surface area contributed by atoms with Gasteiger partial charge in [0.25, 0.3) is 9.05 Å². The van der Waals surface area contributed by atoms with Gasteiger partial charge in [-0.3, -0.25) is 9.59 Å². The average Bonchev–Trinajstić information content (AvgIpc) is 2.25. The van der Waals surface area contributed by atoms with Crippen molar-refractivity contribution in [3.8, 4) is 0 Å². The van der Waals surface area contributed by atoms with Crippen molar-refractivity contribution in [1.29, 1.82) is 0 Å². The minimum Gasteiger partial charge on any atom is -0.481 e. The van der Waals surface area contributed by atoms with Crippen molar-refractivity contribution < 1.29 is 23.1 Å². The number of carbonyl (C=O) groups is 2. The lowest BCUT2D eigenvalue weighted by molar-refractivity contribution is -0.140. The Labute approximate surface area is 107 Å². The second-order valence-corrected chi connectivity index (χ2v) is 6.40. The molecule has 0 fully saturated rings. The molecule has 1 aromatic carbocycles. The molecule has 0 saturated carbocycles. The molecular weight excluding hydrogens is 282 g/mol. The van der Waals surface area contributed by atoms with Gasteiger partial charge in [0.1, 0.15) is 0 Å². The Kier molecular flexibility index (Phi) is 3.04. The number of aliphatic carboxylic acids is 1. The number of carboxylic acids is 1. The quantitative estimate of drug-likeness (QED) is 0.795. The first-order valence-corrected chi connectivity index (χ1v) is 7.21. The van der Waals surface area contributed by atoms with E-state index in [1.807, 2.05) is 0 Å². The van der Waals surface area contributed by atoms with Gasteiger partial charge in [-0.1, -0.05) is 0 Å². The van der Waals surface area contributed by atoms with Crippen LogP contribution in [0.5, 0.6) is 0 Å². The molecule has 2 rings (SSSR count). The van der Waals surface area contributed by atoms with Gasteiger partial charge in [0.15, 0.2) is 0 Å². The summed E-state index contributed by atoms with van der Waals surface area (Å²) in [5, 5.41) is 11.5. The van der Waals surface area contributed by atoms with Gasteiger partial charge in [0.05, 0.1) is 10.8 Å². The Bertz CT molecular complexity index is 640. The summed E-state index contributed by atoms with van der Waals surface area (Å²) in [6.07, 6.45) is -0.228. The van der Waals surface area contributed by atoms with Crippen LogP contribution in [0.3, 0.4) is 0 Å². The molecule has 1 aliphatic rings. The molecule has 1 aromatic rings. The summed E-state index contributed by atoms with van der Waals surface area (Å²) in [7, 11) is 1.26. The molecule has 1 unspecified atom stereocenters. The molecule has 1 atom stereocenters. The molecular formula is C10H8ClNO5S. The SMILES string of the molecule is O=C1CC(C(=O)O)c2cc(S(=O)(=O)Cl)ccc2N1. The van der Waals surface area contributed by atoms with Crippen LogP contribution in [-0.2, 0) is 18.6 Å². The van der Waals surface area contributed by atoms with Gasteiger partial charge in [0.2, 0.25) is 5.91 Å².